The molecule has 1 aromatic carbocycles. The summed E-state index contributed by atoms with van der Waals surface area (Å²) >= 11 is 0. The SMILES string of the molecule is Cc1cc(P)nn1-c1ccccc1. The molecule has 0 aliphatic heterocycles. The Balaban J connectivity index is 2.53. The van der Waals surface area contributed by atoms with Crippen LogP contribution in [0, 0.1) is 6.92 Å². The first kappa shape index (κ1) is 8.46. The van der Waals surface area contributed by atoms with Crippen LogP contribution in [0.3, 0.4) is 0 Å². The largest absolute Gasteiger partial charge is 0.237 e. The summed E-state index contributed by atoms with van der Waals surface area (Å²) in [5.74, 6) is 0. The second-order valence-corrected chi connectivity index (χ2v) is 3.55. The maximum Gasteiger partial charge on any atom is 0.0796 e. The van der Waals surface area contributed by atoms with Crippen molar-refractivity contribution in [2.75, 3.05) is 0 Å². The highest BCUT2D eigenvalue weighted by Crippen LogP contribution is 2.08. The average molecular weight is 190 g/mol. The van der Waals surface area contributed by atoms with E-state index in [4.69, 9.17) is 0 Å². The van der Waals surface area contributed by atoms with Gasteiger partial charge in [0.2, 0.25) is 0 Å². The van der Waals surface area contributed by atoms with Crippen LogP contribution in [-0.4, -0.2) is 9.78 Å². The van der Waals surface area contributed by atoms with Gasteiger partial charge in [-0.25, -0.2) is 4.68 Å². The quantitative estimate of drug-likeness (QED) is 0.625. The molecule has 2 rings (SSSR count). The number of benzene rings is 1. The fraction of sp³-hybridized carbons (Fsp3) is 0.100. The zero-order valence-electron chi connectivity index (χ0n) is 7.44. The molecule has 0 bridgehead atoms. The first-order valence-electron chi connectivity index (χ1n) is 4.15. The van der Waals surface area contributed by atoms with Crippen LogP contribution in [0.2, 0.25) is 0 Å². The van der Waals surface area contributed by atoms with E-state index in [-0.39, 0.29) is 0 Å². The topological polar surface area (TPSA) is 17.8 Å². The van der Waals surface area contributed by atoms with E-state index < -0.39 is 0 Å². The van der Waals surface area contributed by atoms with Gasteiger partial charge < -0.3 is 0 Å². The molecule has 13 heavy (non-hydrogen) atoms. The van der Waals surface area contributed by atoms with Crippen LogP contribution in [0.1, 0.15) is 5.69 Å². The van der Waals surface area contributed by atoms with Gasteiger partial charge >= 0.3 is 0 Å². The molecule has 0 N–H and O–H groups in total. The molecule has 0 fully saturated rings. The molecule has 0 aliphatic carbocycles. The molecule has 1 heterocycles. The smallest absolute Gasteiger partial charge is 0.0796 e. The fourth-order valence-corrected chi connectivity index (χ4v) is 1.69. The Morgan fingerprint density at radius 1 is 1.23 bits per heavy atom. The highest BCUT2D eigenvalue weighted by molar-refractivity contribution is 7.26. The third-order valence-corrected chi connectivity index (χ3v) is 2.19. The van der Waals surface area contributed by atoms with E-state index in [9.17, 15) is 0 Å². The van der Waals surface area contributed by atoms with Crippen molar-refractivity contribution < 1.29 is 0 Å². The highest BCUT2D eigenvalue weighted by atomic mass is 31.0. The molecule has 0 radical (unpaired) electrons. The van der Waals surface area contributed by atoms with Gasteiger partial charge in [-0.15, -0.1) is 0 Å². The molecule has 3 heteroatoms. The molecule has 66 valence electrons. The Hall–Kier alpha value is -1.14. The zero-order chi connectivity index (χ0) is 9.26. The Bertz CT molecular complexity index is 406. The summed E-state index contributed by atoms with van der Waals surface area (Å²) in [6.07, 6.45) is 0. The second-order valence-electron chi connectivity index (χ2n) is 2.96. The first-order valence-corrected chi connectivity index (χ1v) is 4.72. The number of rotatable bonds is 1. The predicted molar refractivity (Wildman–Crippen MR) is 57.6 cm³/mol. The van der Waals surface area contributed by atoms with Crippen molar-refractivity contribution in [2.45, 2.75) is 6.92 Å². The number of hydrogen-bond donors (Lipinski definition) is 0. The third-order valence-electron chi connectivity index (χ3n) is 1.91. The van der Waals surface area contributed by atoms with Gasteiger partial charge in [-0.3, -0.25) is 0 Å². The number of hydrogen-bond acceptors (Lipinski definition) is 1. The molecule has 0 amide bonds. The molecular formula is C10H11N2P. The van der Waals surface area contributed by atoms with Crippen LogP contribution in [-0.2, 0) is 0 Å². The van der Waals surface area contributed by atoms with Gasteiger partial charge in [-0.1, -0.05) is 27.4 Å². The van der Waals surface area contributed by atoms with Gasteiger partial charge in [0, 0.05) is 5.69 Å². The van der Waals surface area contributed by atoms with Crippen LogP contribution in [0.5, 0.6) is 0 Å². The molecular weight excluding hydrogens is 179 g/mol. The number of nitrogens with zero attached hydrogens (tertiary/aromatic N) is 2. The monoisotopic (exact) mass is 190 g/mol. The van der Waals surface area contributed by atoms with Crippen LogP contribution in [0.15, 0.2) is 36.4 Å². The van der Waals surface area contributed by atoms with Crippen molar-refractivity contribution in [3.05, 3.63) is 42.1 Å². The average Bonchev–Trinajstić information content (AvgIpc) is 2.47. The normalized spacial score (nSPS) is 10.3. The lowest BCUT2D eigenvalue weighted by Crippen LogP contribution is -2.00. The standard InChI is InChI=1S/C10H11N2P/c1-8-7-10(13)11-12(8)9-5-3-2-4-6-9/h2-7H,13H2,1H3. The molecule has 2 nitrogen and oxygen atoms in total. The van der Waals surface area contributed by atoms with E-state index in [0.29, 0.717) is 0 Å². The van der Waals surface area contributed by atoms with Crippen LogP contribution >= 0.6 is 9.24 Å². The lowest BCUT2D eigenvalue weighted by molar-refractivity contribution is 0.856. The van der Waals surface area contributed by atoms with Gasteiger partial charge in [0.15, 0.2) is 0 Å². The zero-order valence-corrected chi connectivity index (χ0v) is 8.59. The summed E-state index contributed by atoms with van der Waals surface area (Å²) < 4.78 is 1.93. The van der Waals surface area contributed by atoms with Crippen LogP contribution < -0.4 is 5.44 Å². The molecule has 1 unspecified atom stereocenters. The van der Waals surface area contributed by atoms with E-state index in [2.05, 4.69) is 14.3 Å². The molecule has 0 spiro atoms. The number of aryl methyl sites for hydroxylation is 1. The first-order chi connectivity index (χ1) is 6.27. The highest BCUT2D eigenvalue weighted by Gasteiger charge is 2.01. The van der Waals surface area contributed by atoms with Crippen molar-refractivity contribution >= 4 is 14.7 Å². The summed E-state index contributed by atoms with van der Waals surface area (Å²) in [5, 5.41) is 4.36. The minimum Gasteiger partial charge on any atom is -0.237 e. The van der Waals surface area contributed by atoms with Gasteiger partial charge in [-0.05, 0) is 25.1 Å². The van der Waals surface area contributed by atoms with Gasteiger partial charge in [0.25, 0.3) is 0 Å². The Morgan fingerprint density at radius 3 is 2.46 bits per heavy atom. The van der Waals surface area contributed by atoms with E-state index >= 15 is 0 Å². The summed E-state index contributed by atoms with van der Waals surface area (Å²) in [6, 6.07) is 12.2. The fourth-order valence-electron chi connectivity index (χ4n) is 1.33. The minimum absolute atomic E-state index is 0.973. The van der Waals surface area contributed by atoms with Crippen molar-refractivity contribution in [3.8, 4) is 5.69 Å². The minimum atomic E-state index is 0.973. The molecule has 1 aromatic heterocycles. The summed E-state index contributed by atoms with van der Waals surface area (Å²) in [6.45, 7) is 2.05. The summed E-state index contributed by atoms with van der Waals surface area (Å²) in [7, 11) is 2.60. The molecule has 0 aliphatic rings. The predicted octanol–water partition coefficient (Wildman–Crippen LogP) is 1.68. The van der Waals surface area contributed by atoms with Crippen LogP contribution in [0.25, 0.3) is 5.69 Å². The maximum absolute atomic E-state index is 4.36. The molecule has 2 aromatic rings. The van der Waals surface area contributed by atoms with Crippen molar-refractivity contribution in [3.63, 3.8) is 0 Å². The lowest BCUT2D eigenvalue weighted by Gasteiger charge is -2.02. The van der Waals surface area contributed by atoms with Crippen molar-refractivity contribution in [1.82, 2.24) is 9.78 Å². The molecule has 0 saturated carbocycles. The van der Waals surface area contributed by atoms with E-state index in [0.717, 1.165) is 16.8 Å². The van der Waals surface area contributed by atoms with E-state index in [1.54, 1.807) is 0 Å². The van der Waals surface area contributed by atoms with E-state index in [1.807, 2.05) is 48.0 Å². The summed E-state index contributed by atoms with van der Waals surface area (Å²) in [5.41, 5.74) is 3.23. The van der Waals surface area contributed by atoms with Crippen molar-refractivity contribution in [2.24, 2.45) is 0 Å². The van der Waals surface area contributed by atoms with Crippen molar-refractivity contribution in [1.29, 1.82) is 0 Å². The Labute approximate surface area is 79.8 Å². The Morgan fingerprint density at radius 2 is 1.92 bits per heavy atom. The van der Waals surface area contributed by atoms with E-state index in [1.165, 1.54) is 0 Å². The van der Waals surface area contributed by atoms with Gasteiger partial charge in [-0.2, -0.15) is 5.10 Å². The van der Waals surface area contributed by atoms with Gasteiger partial charge in [0.1, 0.15) is 0 Å². The Kier molecular flexibility index (Phi) is 2.15. The lowest BCUT2D eigenvalue weighted by atomic mass is 10.3. The molecule has 0 saturated heterocycles. The summed E-state index contributed by atoms with van der Waals surface area (Å²) in [4.78, 5) is 0. The maximum atomic E-state index is 4.36. The third kappa shape index (κ3) is 1.63. The van der Waals surface area contributed by atoms with Gasteiger partial charge in [0.05, 0.1) is 11.1 Å². The second kappa shape index (κ2) is 3.31. The number of para-hydroxylation sites is 1. The number of aromatic nitrogens is 2. The molecule has 1 atom stereocenters. The van der Waals surface area contributed by atoms with Crippen LogP contribution in [0.4, 0.5) is 0 Å².